The molecule has 1 unspecified atom stereocenters. The summed E-state index contributed by atoms with van der Waals surface area (Å²) in [5, 5.41) is 24.2. The highest BCUT2D eigenvalue weighted by molar-refractivity contribution is 7.23. The predicted octanol–water partition coefficient (Wildman–Crippen LogP) is 5.51. The number of aryl methyl sites for hydroxylation is 1. The van der Waals surface area contributed by atoms with E-state index in [1.807, 2.05) is 29.0 Å². The van der Waals surface area contributed by atoms with E-state index in [0.717, 1.165) is 50.0 Å². The summed E-state index contributed by atoms with van der Waals surface area (Å²) in [6.07, 6.45) is 3.28. The summed E-state index contributed by atoms with van der Waals surface area (Å²) in [6.45, 7) is 4.23. The number of carbonyl (C=O) groups is 1. The van der Waals surface area contributed by atoms with Gasteiger partial charge in [0.05, 0.1) is 22.6 Å². The first-order chi connectivity index (χ1) is 27.0. The molecule has 1 saturated carbocycles. The Labute approximate surface area is 326 Å². The van der Waals surface area contributed by atoms with Gasteiger partial charge in [-0.1, -0.05) is 12.5 Å². The first-order valence-corrected chi connectivity index (χ1v) is 19.9. The molecule has 2 amide bonds. The molecule has 0 spiro atoms. The van der Waals surface area contributed by atoms with Crippen LogP contribution in [0.5, 0.6) is 0 Å². The molecule has 9 rings (SSSR count). The van der Waals surface area contributed by atoms with Gasteiger partial charge in [0.15, 0.2) is 5.82 Å². The number of amidine groups is 2. The molecule has 2 aromatic carbocycles. The fourth-order valence-corrected chi connectivity index (χ4v) is 10.8. The van der Waals surface area contributed by atoms with Crippen LogP contribution >= 0.6 is 11.3 Å². The molecule has 6 heterocycles. The summed E-state index contributed by atoms with van der Waals surface area (Å²) in [6, 6.07) is 8.38. The van der Waals surface area contributed by atoms with Crippen molar-refractivity contribution in [2.24, 2.45) is 21.8 Å². The molecule has 17 heteroatoms. The van der Waals surface area contributed by atoms with Gasteiger partial charge in [-0.2, -0.15) is 10.5 Å². The lowest BCUT2D eigenvalue weighted by molar-refractivity contribution is -0.0319. The first-order valence-electron chi connectivity index (χ1n) is 19.1. The number of likely N-dealkylation sites (tertiary alicyclic amines) is 1. The van der Waals surface area contributed by atoms with Gasteiger partial charge in [-0.3, -0.25) is 10.3 Å². The minimum Gasteiger partial charge on any atom is -0.389 e. The van der Waals surface area contributed by atoms with Gasteiger partial charge >= 0.3 is 6.03 Å². The van der Waals surface area contributed by atoms with Gasteiger partial charge in [0.1, 0.15) is 41.6 Å². The Morgan fingerprint density at radius 2 is 2.02 bits per heavy atom. The maximum absolute atomic E-state index is 17.4. The Morgan fingerprint density at radius 1 is 1.20 bits per heavy atom. The van der Waals surface area contributed by atoms with E-state index < -0.39 is 29.7 Å². The highest BCUT2D eigenvalue weighted by Gasteiger charge is 2.51. The van der Waals surface area contributed by atoms with Gasteiger partial charge in [0.25, 0.3) is 0 Å². The lowest BCUT2D eigenvalue weighted by atomic mass is 9.70. The molecular weight excluding hydrogens is 744 g/mol. The summed E-state index contributed by atoms with van der Waals surface area (Å²) in [7, 11) is 1.91. The Morgan fingerprint density at radius 3 is 2.75 bits per heavy atom. The molecule has 0 radical (unpaired) electrons. The number of nitrogen functional groups attached to an aromatic ring is 1. The topological polar surface area (TPSA) is 162 Å². The van der Waals surface area contributed by atoms with Crippen LogP contribution in [0, 0.1) is 53.1 Å². The number of fused-ring (bicyclic) bond motifs is 3. The number of ether oxygens (including phenoxy) is 1. The standard InChI is InChI=1S/C39H42F3N11O2S/c1-20-11-25-32(31(42)29(20)24-7-8-27(41)34-30(24)26(13-43)35(45)56-34)47-37(55-18-39-9-4-10-51(39)17-23(40)12-39)48-36(25)50(2)15-22-16-52(33(22)21-5-3-6-21)38(54)53-19-46-28(14-44)49-53/h7-8,11,21-23,33,37,47H,3-6,9-10,12,15-19,45H2,1-2H3,(H,46,49)/t22-,23-,33-,37?,39+/m1/s1. The Hall–Kier alpha value is -5.10. The van der Waals surface area contributed by atoms with Crippen molar-refractivity contribution in [3.63, 3.8) is 0 Å². The van der Waals surface area contributed by atoms with E-state index in [2.05, 4.69) is 26.7 Å². The number of nitrogens with two attached hydrogens (primary N) is 1. The van der Waals surface area contributed by atoms with Crippen LogP contribution in [0.15, 0.2) is 28.2 Å². The van der Waals surface area contributed by atoms with Crippen molar-refractivity contribution in [1.82, 2.24) is 25.1 Å². The molecule has 292 valence electrons. The van der Waals surface area contributed by atoms with Gasteiger partial charge < -0.3 is 25.6 Å². The molecule has 56 heavy (non-hydrogen) atoms. The van der Waals surface area contributed by atoms with Crippen LogP contribution < -0.4 is 16.5 Å². The molecular formula is C39H42F3N11O2S. The van der Waals surface area contributed by atoms with Crippen molar-refractivity contribution in [3.05, 3.63) is 46.5 Å². The second-order valence-corrected chi connectivity index (χ2v) is 17.0. The number of thiophene rings is 1. The third-order valence-electron chi connectivity index (χ3n) is 12.7. The SMILES string of the molecule is Cc1cc2c(c(F)c1-c1ccc(F)c3sc(N)c(C#N)c13)NC(OC[C@@]13CCCN1C[C@H](F)C3)N=C2N(C)C[C@@H]1CN(C(=O)N2CN=C(C#N)N2)[C@@H]1C1CCC1. The Balaban J connectivity index is 1.05. The highest BCUT2D eigenvalue weighted by Crippen LogP contribution is 2.46. The summed E-state index contributed by atoms with van der Waals surface area (Å²) < 4.78 is 53.7. The maximum Gasteiger partial charge on any atom is 0.340 e. The zero-order valence-corrected chi connectivity index (χ0v) is 31.9. The number of carbonyl (C=O) groups excluding carboxylic acids is 1. The molecule has 5 atom stereocenters. The number of rotatable bonds is 7. The van der Waals surface area contributed by atoms with E-state index in [1.54, 1.807) is 6.92 Å². The molecule has 4 N–H and O–H groups in total. The van der Waals surface area contributed by atoms with E-state index in [4.69, 9.17) is 15.5 Å². The number of hydrogen-bond donors (Lipinski definition) is 3. The van der Waals surface area contributed by atoms with Gasteiger partial charge in [0.2, 0.25) is 12.2 Å². The van der Waals surface area contributed by atoms with Crippen LogP contribution in [0.25, 0.3) is 21.2 Å². The van der Waals surface area contributed by atoms with Gasteiger partial charge in [-0.25, -0.2) is 33.0 Å². The van der Waals surface area contributed by atoms with Crippen molar-refractivity contribution in [2.75, 3.05) is 57.6 Å². The number of hydrazine groups is 1. The summed E-state index contributed by atoms with van der Waals surface area (Å²) >= 11 is 0.957. The maximum atomic E-state index is 17.4. The molecule has 0 bridgehead atoms. The molecule has 1 aromatic heterocycles. The third-order valence-corrected chi connectivity index (χ3v) is 13.7. The summed E-state index contributed by atoms with van der Waals surface area (Å²) in [4.78, 5) is 28.7. The number of halogens is 3. The summed E-state index contributed by atoms with van der Waals surface area (Å²) in [5.74, 6) is -0.123. The van der Waals surface area contributed by atoms with Gasteiger partial charge in [-0.05, 0) is 68.3 Å². The number of nitrogens with one attached hydrogen (secondary N) is 2. The van der Waals surface area contributed by atoms with Crippen LogP contribution in [-0.2, 0) is 4.74 Å². The van der Waals surface area contributed by atoms with Crippen molar-refractivity contribution in [1.29, 1.82) is 10.5 Å². The van der Waals surface area contributed by atoms with Crippen LogP contribution in [0.2, 0.25) is 0 Å². The van der Waals surface area contributed by atoms with Crippen molar-refractivity contribution in [2.45, 2.75) is 69.6 Å². The van der Waals surface area contributed by atoms with E-state index >= 15 is 8.78 Å². The smallest absolute Gasteiger partial charge is 0.340 e. The molecule has 6 aliphatic rings. The molecule has 5 aliphatic heterocycles. The first kappa shape index (κ1) is 36.5. The molecule has 1 aliphatic carbocycles. The highest BCUT2D eigenvalue weighted by atomic mass is 32.1. The number of benzene rings is 2. The van der Waals surface area contributed by atoms with Gasteiger partial charge in [0, 0.05) is 67.1 Å². The van der Waals surface area contributed by atoms with Crippen LogP contribution in [0.1, 0.15) is 55.2 Å². The number of nitrogens with zero attached hydrogens (tertiary/aromatic N) is 8. The molecule has 13 nitrogen and oxygen atoms in total. The largest absolute Gasteiger partial charge is 0.389 e. The lowest BCUT2D eigenvalue weighted by Crippen LogP contribution is -2.68. The lowest BCUT2D eigenvalue weighted by Gasteiger charge is -2.55. The predicted molar refractivity (Wildman–Crippen MR) is 206 cm³/mol. The fourth-order valence-electron chi connectivity index (χ4n) is 9.83. The van der Waals surface area contributed by atoms with E-state index in [9.17, 15) is 19.7 Å². The number of urea groups is 1. The number of nitriles is 2. The normalized spacial score (nSPS) is 27.0. The van der Waals surface area contributed by atoms with E-state index in [0.29, 0.717) is 54.5 Å². The monoisotopic (exact) mass is 785 g/mol. The minimum absolute atomic E-state index is 0.0296. The number of aliphatic imine (C=N–C) groups is 2. The number of hydrogen-bond acceptors (Lipinski definition) is 12. The number of amides is 2. The quantitative estimate of drug-likeness (QED) is 0.281. The third kappa shape index (κ3) is 5.82. The zero-order valence-electron chi connectivity index (χ0n) is 31.1. The van der Waals surface area contributed by atoms with E-state index in [-0.39, 0.29) is 69.0 Å². The van der Waals surface area contributed by atoms with Crippen molar-refractivity contribution >= 4 is 49.8 Å². The van der Waals surface area contributed by atoms with Crippen LogP contribution in [0.4, 0.5) is 28.7 Å². The average molecular weight is 786 g/mol. The minimum atomic E-state index is -1.00. The number of anilines is 2. The second kappa shape index (κ2) is 13.8. The molecule has 3 aromatic rings. The van der Waals surface area contributed by atoms with Crippen LogP contribution in [0.3, 0.4) is 0 Å². The number of alkyl halides is 1. The van der Waals surface area contributed by atoms with Crippen LogP contribution in [-0.4, -0.2) is 108 Å². The van der Waals surface area contributed by atoms with Crippen molar-refractivity contribution in [3.8, 4) is 23.3 Å². The summed E-state index contributed by atoms with van der Waals surface area (Å²) in [5.41, 5.74) is 10.3. The van der Waals surface area contributed by atoms with Gasteiger partial charge in [-0.15, -0.1) is 11.3 Å². The molecule has 3 saturated heterocycles. The average Bonchev–Trinajstić information content (AvgIpc) is 3.93. The molecule has 4 fully saturated rings. The second-order valence-electron chi connectivity index (χ2n) is 15.9. The van der Waals surface area contributed by atoms with E-state index in [1.165, 1.54) is 17.1 Å². The Kier molecular flexibility index (Phi) is 9.02. The fraction of sp³-hybridized carbons (Fsp3) is 0.513. The van der Waals surface area contributed by atoms with Crippen molar-refractivity contribution < 1.29 is 22.7 Å². The zero-order chi connectivity index (χ0) is 39.0. The Bertz CT molecular complexity index is 2280.